The minimum Gasteiger partial charge on any atom is -0.392 e. The Morgan fingerprint density at radius 3 is 2.35 bits per heavy atom. The van der Waals surface area contributed by atoms with Crippen LogP contribution in [0, 0.1) is 5.92 Å². The Morgan fingerprint density at radius 1 is 1.25 bits per heavy atom. The van der Waals surface area contributed by atoms with Crippen molar-refractivity contribution in [2.24, 2.45) is 5.92 Å². The van der Waals surface area contributed by atoms with Crippen molar-refractivity contribution in [2.75, 3.05) is 12.9 Å². The van der Waals surface area contributed by atoms with E-state index in [0.717, 1.165) is 6.26 Å². The predicted octanol–water partition coefficient (Wildman–Crippen LogP) is 2.34. The van der Waals surface area contributed by atoms with E-state index in [2.05, 4.69) is 0 Å². The molecule has 1 aromatic carbocycles. The van der Waals surface area contributed by atoms with E-state index < -0.39 is 33.8 Å². The van der Waals surface area contributed by atoms with E-state index >= 15 is 0 Å². The summed E-state index contributed by atoms with van der Waals surface area (Å²) in [6.45, 7) is -0.829. The minimum absolute atomic E-state index is 0.120. The summed E-state index contributed by atoms with van der Waals surface area (Å²) in [7, 11) is -3.99. The highest BCUT2D eigenvalue weighted by Gasteiger charge is 2.52. The quantitative estimate of drug-likeness (QED) is 0.912. The van der Waals surface area contributed by atoms with Gasteiger partial charge in [-0.1, -0.05) is 30.3 Å². The predicted molar refractivity (Wildman–Crippen MR) is 68.6 cm³/mol. The highest BCUT2D eigenvalue weighted by Crippen LogP contribution is 2.48. The average Bonchev–Trinajstić information content (AvgIpc) is 2.34. The number of fused-ring (bicyclic) bond motifs is 1. The third-order valence-corrected chi connectivity index (χ3v) is 4.79. The van der Waals surface area contributed by atoms with Gasteiger partial charge in [-0.15, -0.1) is 0 Å². The van der Waals surface area contributed by atoms with Crippen LogP contribution in [0.2, 0.25) is 0 Å². The molecular weight excluding hydrogens is 293 g/mol. The van der Waals surface area contributed by atoms with Crippen LogP contribution < -0.4 is 0 Å². The first kappa shape index (κ1) is 15.1. The summed E-state index contributed by atoms with van der Waals surface area (Å²) >= 11 is 0. The van der Waals surface area contributed by atoms with E-state index in [1.165, 1.54) is 24.3 Å². The molecule has 0 saturated carbocycles. The lowest BCUT2D eigenvalue weighted by Gasteiger charge is -2.33. The van der Waals surface area contributed by atoms with E-state index in [1.807, 2.05) is 0 Å². The molecule has 1 aliphatic carbocycles. The number of alkyl halides is 3. The van der Waals surface area contributed by atoms with E-state index in [0.29, 0.717) is 5.56 Å². The molecule has 2 rings (SSSR count). The molecule has 20 heavy (non-hydrogen) atoms. The SMILES string of the molecule is CS(=O)(=O)C1c2ccccc2C=C(CO)[C@H]1C(F)(F)F. The lowest BCUT2D eigenvalue weighted by Crippen LogP contribution is -2.37. The Balaban J connectivity index is 2.74. The molecule has 1 aliphatic rings. The Bertz CT molecular complexity index is 647. The van der Waals surface area contributed by atoms with Crippen LogP contribution in [0.3, 0.4) is 0 Å². The fraction of sp³-hybridized carbons (Fsp3) is 0.385. The Kier molecular flexibility index (Phi) is 3.68. The normalized spacial score (nSPS) is 23.1. The number of sulfone groups is 1. The van der Waals surface area contributed by atoms with Crippen LogP contribution in [0.15, 0.2) is 29.8 Å². The van der Waals surface area contributed by atoms with Gasteiger partial charge in [0.2, 0.25) is 0 Å². The van der Waals surface area contributed by atoms with Crippen molar-refractivity contribution in [3.05, 3.63) is 41.0 Å². The summed E-state index contributed by atoms with van der Waals surface area (Å²) in [6.07, 6.45) is -2.74. The third-order valence-electron chi connectivity index (χ3n) is 3.34. The zero-order chi connectivity index (χ0) is 15.1. The fourth-order valence-corrected chi connectivity index (χ4v) is 4.07. The van der Waals surface area contributed by atoms with Gasteiger partial charge in [-0.05, 0) is 16.7 Å². The fourth-order valence-electron chi connectivity index (χ4n) is 2.57. The molecule has 0 fully saturated rings. The van der Waals surface area contributed by atoms with Crippen LogP contribution in [0.5, 0.6) is 0 Å². The summed E-state index contributed by atoms with van der Waals surface area (Å²) in [6, 6.07) is 6.03. The molecular formula is C13H13F3O3S. The summed E-state index contributed by atoms with van der Waals surface area (Å²) in [5.74, 6) is -2.21. The zero-order valence-electron chi connectivity index (χ0n) is 10.6. The van der Waals surface area contributed by atoms with Crippen LogP contribution in [-0.4, -0.2) is 32.6 Å². The van der Waals surface area contributed by atoms with Crippen molar-refractivity contribution in [3.8, 4) is 0 Å². The minimum atomic E-state index is -4.74. The van der Waals surface area contributed by atoms with Gasteiger partial charge in [0.25, 0.3) is 0 Å². The molecule has 1 unspecified atom stereocenters. The topological polar surface area (TPSA) is 54.4 Å². The molecule has 1 N–H and O–H groups in total. The number of halogens is 3. The van der Waals surface area contributed by atoms with E-state index in [1.54, 1.807) is 6.07 Å². The molecule has 0 saturated heterocycles. The molecule has 2 atom stereocenters. The number of hydrogen-bond acceptors (Lipinski definition) is 3. The third kappa shape index (κ3) is 2.60. The highest BCUT2D eigenvalue weighted by atomic mass is 32.2. The molecule has 3 nitrogen and oxygen atoms in total. The molecule has 7 heteroatoms. The molecule has 0 heterocycles. The maximum Gasteiger partial charge on any atom is 0.397 e. The van der Waals surface area contributed by atoms with Crippen molar-refractivity contribution in [2.45, 2.75) is 11.4 Å². The first-order valence-electron chi connectivity index (χ1n) is 5.82. The van der Waals surface area contributed by atoms with Gasteiger partial charge in [0, 0.05) is 6.26 Å². The zero-order valence-corrected chi connectivity index (χ0v) is 11.4. The first-order chi connectivity index (χ1) is 9.16. The molecule has 0 amide bonds. The van der Waals surface area contributed by atoms with Crippen LogP contribution >= 0.6 is 0 Å². The van der Waals surface area contributed by atoms with Gasteiger partial charge in [0.15, 0.2) is 9.84 Å². The number of aliphatic hydroxyl groups is 1. The molecule has 1 aromatic rings. The molecule has 0 aliphatic heterocycles. The number of aliphatic hydroxyl groups excluding tert-OH is 1. The molecule has 0 radical (unpaired) electrons. The Labute approximate surface area is 114 Å². The highest BCUT2D eigenvalue weighted by molar-refractivity contribution is 7.91. The van der Waals surface area contributed by atoms with E-state index in [4.69, 9.17) is 0 Å². The van der Waals surface area contributed by atoms with Crippen LogP contribution in [0.4, 0.5) is 13.2 Å². The van der Waals surface area contributed by atoms with Crippen LogP contribution in [0.25, 0.3) is 6.08 Å². The van der Waals surface area contributed by atoms with Gasteiger partial charge < -0.3 is 5.11 Å². The monoisotopic (exact) mass is 306 g/mol. The van der Waals surface area contributed by atoms with Gasteiger partial charge in [0.05, 0.1) is 12.5 Å². The van der Waals surface area contributed by atoms with Crippen molar-refractivity contribution < 1.29 is 26.7 Å². The van der Waals surface area contributed by atoms with Crippen LogP contribution in [-0.2, 0) is 9.84 Å². The lowest BCUT2D eigenvalue weighted by molar-refractivity contribution is -0.166. The van der Waals surface area contributed by atoms with Crippen molar-refractivity contribution in [1.82, 2.24) is 0 Å². The smallest absolute Gasteiger partial charge is 0.392 e. The molecule has 0 aromatic heterocycles. The van der Waals surface area contributed by atoms with E-state index in [-0.39, 0.29) is 11.1 Å². The molecule has 0 bridgehead atoms. The summed E-state index contributed by atoms with van der Waals surface area (Å²) < 4.78 is 63.4. The van der Waals surface area contributed by atoms with E-state index in [9.17, 15) is 26.7 Å². The number of hydrogen-bond donors (Lipinski definition) is 1. The average molecular weight is 306 g/mol. The summed E-state index contributed by atoms with van der Waals surface area (Å²) in [5.41, 5.74) is 0.189. The largest absolute Gasteiger partial charge is 0.397 e. The van der Waals surface area contributed by atoms with Crippen molar-refractivity contribution in [3.63, 3.8) is 0 Å². The van der Waals surface area contributed by atoms with Crippen molar-refractivity contribution >= 4 is 15.9 Å². The maximum absolute atomic E-state index is 13.2. The number of rotatable bonds is 2. The summed E-state index contributed by atoms with van der Waals surface area (Å²) in [5, 5.41) is 7.45. The second-order valence-corrected chi connectivity index (χ2v) is 6.94. The Morgan fingerprint density at radius 2 is 1.85 bits per heavy atom. The molecule has 0 spiro atoms. The maximum atomic E-state index is 13.2. The summed E-state index contributed by atoms with van der Waals surface area (Å²) in [4.78, 5) is 0. The Hall–Kier alpha value is -1.34. The van der Waals surface area contributed by atoms with Gasteiger partial charge in [-0.25, -0.2) is 8.42 Å². The second-order valence-electron chi connectivity index (χ2n) is 4.78. The first-order valence-corrected chi connectivity index (χ1v) is 7.77. The van der Waals surface area contributed by atoms with Gasteiger partial charge in [-0.2, -0.15) is 13.2 Å². The van der Waals surface area contributed by atoms with Gasteiger partial charge >= 0.3 is 6.18 Å². The molecule has 110 valence electrons. The standard InChI is InChI=1S/C13H13F3O3S/c1-20(18,19)12-10-5-3-2-4-8(10)6-9(7-17)11(12)13(14,15)16/h2-6,11-12,17H,7H2,1H3/t11-,12?/m1/s1. The second kappa shape index (κ2) is 4.89. The number of benzene rings is 1. The van der Waals surface area contributed by atoms with Gasteiger partial charge in [0.1, 0.15) is 5.25 Å². The van der Waals surface area contributed by atoms with Crippen LogP contribution in [0.1, 0.15) is 16.4 Å². The van der Waals surface area contributed by atoms with Gasteiger partial charge in [-0.3, -0.25) is 0 Å². The van der Waals surface area contributed by atoms with Crippen molar-refractivity contribution in [1.29, 1.82) is 0 Å². The lowest BCUT2D eigenvalue weighted by atomic mass is 9.82.